The molecular weight excluding hydrogens is 340 g/mol. The summed E-state index contributed by atoms with van der Waals surface area (Å²) in [7, 11) is 0. The third kappa shape index (κ3) is 3.83. The fourth-order valence-corrected chi connectivity index (χ4v) is 2.61. The molecule has 0 aliphatic rings. The molecule has 1 atom stereocenters. The van der Waals surface area contributed by atoms with Crippen LogP contribution in [-0.2, 0) is 0 Å². The molecule has 0 fully saturated rings. The van der Waals surface area contributed by atoms with Crippen LogP contribution in [0.15, 0.2) is 30.6 Å². The summed E-state index contributed by atoms with van der Waals surface area (Å²) < 4.78 is 1.98. The zero-order chi connectivity index (χ0) is 18.0. The molecule has 0 radical (unpaired) electrons. The zero-order valence-corrected chi connectivity index (χ0v) is 15.1. The molecule has 0 unspecified atom stereocenters. The molecule has 3 aromatic rings. The first-order valence-electron chi connectivity index (χ1n) is 8.12. The number of fused-ring (bicyclic) bond motifs is 1. The largest absolute Gasteiger partial charge is 0.394 e. The van der Waals surface area contributed by atoms with Crippen molar-refractivity contribution in [2.45, 2.75) is 32.9 Å². The Kier molecular flexibility index (Phi) is 5.06. The van der Waals surface area contributed by atoms with Gasteiger partial charge in [0.05, 0.1) is 12.9 Å². The van der Waals surface area contributed by atoms with Gasteiger partial charge in [0.2, 0.25) is 5.95 Å². The quantitative estimate of drug-likeness (QED) is 0.622. The summed E-state index contributed by atoms with van der Waals surface area (Å²) in [5.74, 6) is 1.01. The summed E-state index contributed by atoms with van der Waals surface area (Å²) in [6, 6.07) is 7.45. The van der Waals surface area contributed by atoms with E-state index >= 15 is 0 Å². The summed E-state index contributed by atoms with van der Waals surface area (Å²) in [5, 5.41) is 16.3. The molecule has 0 spiro atoms. The van der Waals surface area contributed by atoms with E-state index in [4.69, 9.17) is 11.6 Å². The van der Waals surface area contributed by atoms with Gasteiger partial charge in [0.15, 0.2) is 17.0 Å². The number of hydrogen-bond donors (Lipinski definition) is 3. The van der Waals surface area contributed by atoms with E-state index in [1.54, 1.807) is 6.33 Å². The van der Waals surface area contributed by atoms with Crippen LogP contribution in [0.5, 0.6) is 0 Å². The number of nitrogens with zero attached hydrogens (tertiary/aromatic N) is 4. The van der Waals surface area contributed by atoms with E-state index in [9.17, 15) is 5.11 Å². The Balaban J connectivity index is 2.08. The highest BCUT2D eigenvalue weighted by atomic mass is 35.5. The molecule has 2 aromatic heterocycles. The first-order chi connectivity index (χ1) is 12.0. The monoisotopic (exact) mass is 360 g/mol. The summed E-state index contributed by atoms with van der Waals surface area (Å²) in [6.45, 7) is 5.98. The number of halogens is 1. The number of benzene rings is 1. The van der Waals surface area contributed by atoms with Crippen LogP contribution in [0.1, 0.15) is 26.8 Å². The van der Waals surface area contributed by atoms with Gasteiger partial charge in [-0.15, -0.1) is 0 Å². The van der Waals surface area contributed by atoms with Crippen molar-refractivity contribution in [3.8, 4) is 0 Å². The smallest absolute Gasteiger partial charge is 0.227 e. The van der Waals surface area contributed by atoms with Crippen molar-refractivity contribution in [1.29, 1.82) is 0 Å². The van der Waals surface area contributed by atoms with Gasteiger partial charge in [-0.1, -0.05) is 17.7 Å². The van der Waals surface area contributed by atoms with Gasteiger partial charge < -0.3 is 20.3 Å². The second-order valence-corrected chi connectivity index (χ2v) is 6.61. The van der Waals surface area contributed by atoms with E-state index in [2.05, 4.69) is 39.4 Å². The summed E-state index contributed by atoms with van der Waals surface area (Å²) in [5.41, 5.74) is 2.21. The lowest BCUT2D eigenvalue weighted by Gasteiger charge is -2.14. The molecule has 2 heterocycles. The lowest BCUT2D eigenvalue weighted by atomic mass is 10.3. The van der Waals surface area contributed by atoms with E-state index in [1.807, 2.05) is 35.8 Å². The number of nitrogens with one attached hydrogen (secondary N) is 2. The van der Waals surface area contributed by atoms with E-state index in [0.29, 0.717) is 22.3 Å². The van der Waals surface area contributed by atoms with Crippen LogP contribution in [0.3, 0.4) is 0 Å². The highest BCUT2D eigenvalue weighted by molar-refractivity contribution is 6.30. The molecule has 7 nitrogen and oxygen atoms in total. The van der Waals surface area contributed by atoms with Gasteiger partial charge in [-0.3, -0.25) is 0 Å². The fourth-order valence-electron chi connectivity index (χ4n) is 2.42. The van der Waals surface area contributed by atoms with Crippen molar-refractivity contribution in [2.75, 3.05) is 17.2 Å². The van der Waals surface area contributed by atoms with Crippen molar-refractivity contribution >= 4 is 40.2 Å². The Labute approximate surface area is 151 Å². The molecule has 1 aromatic carbocycles. The van der Waals surface area contributed by atoms with Crippen molar-refractivity contribution < 1.29 is 5.11 Å². The Morgan fingerprint density at radius 3 is 2.72 bits per heavy atom. The van der Waals surface area contributed by atoms with Crippen molar-refractivity contribution in [2.24, 2.45) is 0 Å². The van der Waals surface area contributed by atoms with Gasteiger partial charge in [0.1, 0.15) is 0 Å². The van der Waals surface area contributed by atoms with E-state index in [-0.39, 0.29) is 18.7 Å². The van der Waals surface area contributed by atoms with Crippen LogP contribution in [0.25, 0.3) is 11.2 Å². The maximum Gasteiger partial charge on any atom is 0.227 e. The molecule has 25 heavy (non-hydrogen) atoms. The first-order valence-corrected chi connectivity index (χ1v) is 8.50. The number of imidazole rings is 1. The van der Waals surface area contributed by atoms with Crippen LogP contribution in [0.4, 0.5) is 17.5 Å². The summed E-state index contributed by atoms with van der Waals surface area (Å²) in [4.78, 5) is 13.6. The summed E-state index contributed by atoms with van der Waals surface area (Å²) >= 11 is 6.06. The minimum absolute atomic E-state index is 0.0120. The van der Waals surface area contributed by atoms with Gasteiger partial charge in [-0.2, -0.15) is 9.97 Å². The molecule has 0 saturated heterocycles. The first kappa shape index (κ1) is 17.4. The highest BCUT2D eigenvalue weighted by Crippen LogP contribution is 2.27. The van der Waals surface area contributed by atoms with Crippen molar-refractivity contribution in [3.63, 3.8) is 0 Å². The van der Waals surface area contributed by atoms with Crippen molar-refractivity contribution in [1.82, 2.24) is 19.5 Å². The van der Waals surface area contributed by atoms with Crippen LogP contribution >= 0.6 is 11.6 Å². The Bertz CT molecular complexity index is 879. The lowest BCUT2D eigenvalue weighted by Crippen LogP contribution is -2.21. The van der Waals surface area contributed by atoms with Gasteiger partial charge in [0, 0.05) is 22.8 Å². The Hall–Kier alpha value is -2.38. The zero-order valence-electron chi connectivity index (χ0n) is 14.4. The van der Waals surface area contributed by atoms with Gasteiger partial charge in [-0.25, -0.2) is 4.98 Å². The average molecular weight is 361 g/mol. The molecule has 8 heteroatoms. The highest BCUT2D eigenvalue weighted by Gasteiger charge is 2.16. The molecule has 132 valence electrons. The molecule has 3 rings (SSSR count). The number of aliphatic hydroxyl groups is 1. The molecule has 0 aliphatic heterocycles. The minimum Gasteiger partial charge on any atom is -0.394 e. The van der Waals surface area contributed by atoms with Crippen LogP contribution in [0, 0.1) is 0 Å². The molecule has 0 saturated carbocycles. The molecule has 0 bridgehead atoms. The maximum absolute atomic E-state index is 9.28. The standard InChI is InChI=1S/C17H21ClN6O/c1-10(2)24-9-19-14-15(21-13-6-4-5-12(18)7-13)22-17(23-16(14)24)20-11(3)8-25/h4-7,9-11,25H,8H2,1-3H3,(H2,20,21,22,23)/t11-/m0/s1. The topological polar surface area (TPSA) is 87.9 Å². The van der Waals surface area contributed by atoms with Crippen LogP contribution in [-0.4, -0.2) is 37.3 Å². The predicted octanol–water partition coefficient (Wildman–Crippen LogP) is 3.60. The van der Waals surface area contributed by atoms with Crippen molar-refractivity contribution in [3.05, 3.63) is 35.6 Å². The predicted molar refractivity (Wildman–Crippen MR) is 101 cm³/mol. The maximum atomic E-state index is 9.28. The Morgan fingerprint density at radius 2 is 2.04 bits per heavy atom. The number of aliphatic hydroxyl groups excluding tert-OH is 1. The Morgan fingerprint density at radius 1 is 1.24 bits per heavy atom. The van der Waals surface area contributed by atoms with E-state index in [1.165, 1.54) is 0 Å². The normalized spacial score (nSPS) is 12.6. The molecule has 0 aliphatic carbocycles. The number of hydrogen-bond acceptors (Lipinski definition) is 6. The number of rotatable bonds is 6. The number of aromatic nitrogens is 4. The van der Waals surface area contributed by atoms with E-state index in [0.717, 1.165) is 11.3 Å². The number of anilines is 3. The minimum atomic E-state index is -0.160. The molecule has 3 N–H and O–H groups in total. The molecule has 0 amide bonds. The van der Waals surface area contributed by atoms with Crippen LogP contribution < -0.4 is 10.6 Å². The second-order valence-electron chi connectivity index (χ2n) is 6.18. The lowest BCUT2D eigenvalue weighted by molar-refractivity contribution is 0.281. The average Bonchev–Trinajstić information content (AvgIpc) is 2.99. The van der Waals surface area contributed by atoms with Crippen LogP contribution in [0.2, 0.25) is 5.02 Å². The third-order valence-corrected chi connectivity index (χ3v) is 3.95. The van der Waals surface area contributed by atoms with Gasteiger partial charge in [-0.05, 0) is 39.0 Å². The van der Waals surface area contributed by atoms with E-state index < -0.39 is 0 Å². The fraction of sp³-hybridized carbons (Fsp3) is 0.353. The van der Waals surface area contributed by atoms with Gasteiger partial charge in [0.25, 0.3) is 0 Å². The second kappa shape index (κ2) is 7.25. The summed E-state index contributed by atoms with van der Waals surface area (Å²) in [6.07, 6.45) is 1.76. The molecular formula is C17H21ClN6O. The van der Waals surface area contributed by atoms with Gasteiger partial charge >= 0.3 is 0 Å². The third-order valence-electron chi connectivity index (χ3n) is 3.71. The SMILES string of the molecule is CC(C)n1cnc2c(Nc3cccc(Cl)c3)nc(N[C@@H](C)CO)nc21.